The van der Waals surface area contributed by atoms with Gasteiger partial charge in [0.25, 0.3) is 0 Å². The van der Waals surface area contributed by atoms with Crippen molar-refractivity contribution < 1.29 is 18.9 Å². The second kappa shape index (κ2) is 11.8. The Morgan fingerprint density at radius 3 is 1.96 bits per heavy atom. The Kier molecular flexibility index (Phi) is 10.5. The van der Waals surface area contributed by atoms with Gasteiger partial charge >= 0.3 is 7.82 Å². The lowest BCUT2D eigenvalue weighted by atomic mass is 9.97. The summed E-state index contributed by atoms with van der Waals surface area (Å²) in [5, 5.41) is 0. The van der Waals surface area contributed by atoms with Gasteiger partial charge in [0.05, 0.1) is 6.61 Å². The minimum Gasteiger partial charge on any atom is -0.303 e. The minimum atomic E-state index is -4.31. The van der Waals surface area contributed by atoms with Crippen LogP contribution in [0.1, 0.15) is 69.4 Å². The van der Waals surface area contributed by atoms with Gasteiger partial charge in [-0.3, -0.25) is 4.52 Å². The normalized spacial score (nSPS) is 11.8. The number of phosphoric ester groups is 1. The van der Waals surface area contributed by atoms with E-state index in [0.29, 0.717) is 6.42 Å². The fraction of sp³-hybridized carbons (Fsp3) is 0.667. The van der Waals surface area contributed by atoms with Gasteiger partial charge in [-0.1, -0.05) is 63.3 Å². The summed E-state index contributed by atoms with van der Waals surface area (Å²) in [5.41, 5.74) is 2.77. The highest BCUT2D eigenvalue weighted by Crippen LogP contribution is 2.35. The van der Waals surface area contributed by atoms with Crippen molar-refractivity contribution in [2.75, 3.05) is 6.61 Å². The van der Waals surface area contributed by atoms with E-state index in [4.69, 9.17) is 9.79 Å². The van der Waals surface area contributed by atoms with E-state index >= 15 is 0 Å². The maximum absolute atomic E-state index is 10.6. The zero-order chi connectivity index (χ0) is 17.0. The molecule has 0 saturated heterocycles. The van der Waals surface area contributed by atoms with E-state index in [1.165, 1.54) is 49.7 Å². The highest BCUT2D eigenvalue weighted by Gasteiger charge is 2.12. The third-order valence-corrected chi connectivity index (χ3v) is 4.54. The fourth-order valence-electron chi connectivity index (χ4n) is 2.74. The third kappa shape index (κ3) is 10.7. The zero-order valence-corrected chi connectivity index (χ0v) is 15.1. The molecule has 132 valence electrons. The van der Waals surface area contributed by atoms with Gasteiger partial charge in [-0.2, -0.15) is 0 Å². The van der Waals surface area contributed by atoms with Crippen LogP contribution in [0.25, 0.3) is 0 Å². The molecule has 0 aromatic heterocycles. The van der Waals surface area contributed by atoms with Crippen molar-refractivity contribution in [1.82, 2.24) is 0 Å². The first-order chi connectivity index (χ1) is 11.0. The molecule has 0 saturated carbocycles. The average Bonchev–Trinajstić information content (AvgIpc) is 2.50. The third-order valence-electron chi connectivity index (χ3n) is 4.02. The number of aryl methyl sites for hydroxylation is 2. The zero-order valence-electron chi connectivity index (χ0n) is 14.2. The van der Waals surface area contributed by atoms with E-state index in [1.54, 1.807) is 0 Å². The largest absolute Gasteiger partial charge is 0.469 e. The van der Waals surface area contributed by atoms with E-state index in [1.807, 2.05) is 0 Å². The summed E-state index contributed by atoms with van der Waals surface area (Å²) in [4.78, 5) is 17.3. The molecule has 0 unspecified atom stereocenters. The van der Waals surface area contributed by atoms with E-state index in [2.05, 4.69) is 35.7 Å². The number of rotatable bonds is 13. The Balaban J connectivity index is 2.26. The van der Waals surface area contributed by atoms with Crippen LogP contribution in [0.5, 0.6) is 0 Å². The standard InChI is InChI=1S/C18H31O4P/c1-2-3-4-5-6-7-12-17-13-8-9-14-18(17)15-10-11-16-22-23(19,20)21/h8-9,13-14H,2-7,10-12,15-16H2,1H3,(H2,19,20,21). The van der Waals surface area contributed by atoms with Gasteiger partial charge in [-0.25, -0.2) is 4.57 Å². The van der Waals surface area contributed by atoms with Crippen molar-refractivity contribution in [3.8, 4) is 0 Å². The monoisotopic (exact) mass is 342 g/mol. The average molecular weight is 342 g/mol. The van der Waals surface area contributed by atoms with Crippen molar-refractivity contribution in [3.63, 3.8) is 0 Å². The Bertz CT molecular complexity index is 470. The van der Waals surface area contributed by atoms with Crippen LogP contribution in [0.4, 0.5) is 0 Å². The molecule has 0 fully saturated rings. The van der Waals surface area contributed by atoms with Crippen LogP contribution < -0.4 is 0 Å². The van der Waals surface area contributed by atoms with E-state index in [0.717, 1.165) is 19.3 Å². The van der Waals surface area contributed by atoms with Crippen LogP contribution in [-0.2, 0) is 21.9 Å². The molecule has 1 aromatic rings. The summed E-state index contributed by atoms with van der Waals surface area (Å²) in [6.07, 6.45) is 11.4. The molecule has 1 aromatic carbocycles. The molecule has 0 aliphatic carbocycles. The van der Waals surface area contributed by atoms with Gasteiger partial charge in [0.15, 0.2) is 0 Å². The van der Waals surface area contributed by atoms with Gasteiger partial charge in [0, 0.05) is 0 Å². The molecule has 0 radical (unpaired) electrons. The number of hydrogen-bond donors (Lipinski definition) is 2. The van der Waals surface area contributed by atoms with Gasteiger partial charge in [-0.05, 0) is 43.2 Å². The molecule has 0 atom stereocenters. The lowest BCUT2D eigenvalue weighted by Crippen LogP contribution is -1.97. The summed E-state index contributed by atoms with van der Waals surface area (Å²) < 4.78 is 15.1. The van der Waals surface area contributed by atoms with Crippen molar-refractivity contribution >= 4 is 7.82 Å². The lowest BCUT2D eigenvalue weighted by Gasteiger charge is -2.10. The molecule has 0 heterocycles. The van der Waals surface area contributed by atoms with Crippen molar-refractivity contribution in [1.29, 1.82) is 0 Å². The maximum atomic E-state index is 10.6. The first-order valence-electron chi connectivity index (χ1n) is 8.80. The van der Waals surface area contributed by atoms with Gasteiger partial charge in [0.1, 0.15) is 0 Å². The van der Waals surface area contributed by atoms with Gasteiger partial charge in [0.2, 0.25) is 0 Å². The van der Waals surface area contributed by atoms with E-state index in [-0.39, 0.29) is 6.61 Å². The summed E-state index contributed by atoms with van der Waals surface area (Å²) in [6, 6.07) is 8.52. The number of unbranched alkanes of at least 4 members (excludes halogenated alkanes) is 6. The van der Waals surface area contributed by atoms with Crippen LogP contribution in [0, 0.1) is 0 Å². The predicted molar refractivity (Wildman–Crippen MR) is 94.5 cm³/mol. The minimum absolute atomic E-state index is 0.115. The van der Waals surface area contributed by atoms with Gasteiger partial charge in [-0.15, -0.1) is 0 Å². The maximum Gasteiger partial charge on any atom is 0.469 e. The van der Waals surface area contributed by atoms with Crippen LogP contribution in [-0.4, -0.2) is 16.4 Å². The first-order valence-corrected chi connectivity index (χ1v) is 10.3. The summed E-state index contributed by atoms with van der Waals surface area (Å²) in [6.45, 7) is 2.35. The molecule has 0 aliphatic rings. The fourth-order valence-corrected chi connectivity index (χ4v) is 3.11. The topological polar surface area (TPSA) is 66.8 Å². The molecule has 5 heteroatoms. The Labute approximate surface area is 140 Å². The highest BCUT2D eigenvalue weighted by molar-refractivity contribution is 7.46. The number of benzene rings is 1. The second-order valence-electron chi connectivity index (χ2n) is 6.07. The molecular weight excluding hydrogens is 311 g/mol. The van der Waals surface area contributed by atoms with Crippen LogP contribution in [0.3, 0.4) is 0 Å². The Morgan fingerprint density at radius 2 is 1.39 bits per heavy atom. The molecule has 4 nitrogen and oxygen atoms in total. The molecule has 0 bridgehead atoms. The van der Waals surface area contributed by atoms with E-state index in [9.17, 15) is 4.57 Å². The SMILES string of the molecule is CCCCCCCCc1ccccc1CCCCOP(=O)(O)O. The molecule has 23 heavy (non-hydrogen) atoms. The Hall–Kier alpha value is -0.670. The molecule has 0 amide bonds. The molecule has 1 rings (SSSR count). The van der Waals surface area contributed by atoms with Crippen molar-refractivity contribution in [2.24, 2.45) is 0 Å². The first kappa shape index (κ1) is 20.4. The van der Waals surface area contributed by atoms with Crippen molar-refractivity contribution in [2.45, 2.75) is 71.1 Å². The number of hydrogen-bond acceptors (Lipinski definition) is 2. The lowest BCUT2D eigenvalue weighted by molar-refractivity contribution is 0.194. The summed E-state index contributed by atoms with van der Waals surface area (Å²) in [7, 11) is -4.31. The smallest absolute Gasteiger partial charge is 0.303 e. The summed E-state index contributed by atoms with van der Waals surface area (Å²) >= 11 is 0. The van der Waals surface area contributed by atoms with Crippen LogP contribution >= 0.6 is 7.82 Å². The number of phosphoric acid groups is 1. The molecule has 0 spiro atoms. The predicted octanol–water partition coefficient (Wildman–Crippen LogP) is 5.02. The molecular formula is C18H31O4P. The van der Waals surface area contributed by atoms with Crippen molar-refractivity contribution in [3.05, 3.63) is 35.4 Å². The highest BCUT2D eigenvalue weighted by atomic mass is 31.2. The quantitative estimate of drug-likeness (QED) is 0.390. The van der Waals surface area contributed by atoms with Crippen LogP contribution in [0.15, 0.2) is 24.3 Å². The van der Waals surface area contributed by atoms with E-state index < -0.39 is 7.82 Å². The summed E-state index contributed by atoms with van der Waals surface area (Å²) in [5.74, 6) is 0. The Morgan fingerprint density at radius 1 is 0.870 bits per heavy atom. The van der Waals surface area contributed by atoms with Gasteiger partial charge < -0.3 is 9.79 Å². The molecule has 2 N–H and O–H groups in total. The molecule has 0 aliphatic heterocycles. The second-order valence-corrected chi connectivity index (χ2v) is 7.31. The van der Waals surface area contributed by atoms with Crippen LogP contribution in [0.2, 0.25) is 0 Å².